The minimum Gasteiger partial charge on any atom is -0.317 e. The predicted octanol–water partition coefficient (Wildman–Crippen LogP) is 3.94. The van der Waals surface area contributed by atoms with Gasteiger partial charge < -0.3 is 5.32 Å². The summed E-state index contributed by atoms with van der Waals surface area (Å²) >= 11 is 0. The lowest BCUT2D eigenvalue weighted by molar-refractivity contribution is 0.557. The topological polar surface area (TPSA) is 12.0 Å². The Bertz CT molecular complexity index is 79.2. The quantitative estimate of drug-likeness (QED) is 0.496. The van der Waals surface area contributed by atoms with Gasteiger partial charge in [-0.05, 0) is 25.9 Å². The molecule has 0 aliphatic rings. The number of rotatable bonds is 11. The second-order valence-corrected chi connectivity index (χ2v) is 4.08. The van der Waals surface area contributed by atoms with E-state index < -0.39 is 0 Å². The van der Waals surface area contributed by atoms with Crippen LogP contribution >= 0.6 is 0 Å². The van der Waals surface area contributed by atoms with E-state index in [2.05, 4.69) is 19.2 Å². The first kappa shape index (κ1) is 14.0. The molecule has 0 aromatic heterocycles. The fourth-order valence-corrected chi connectivity index (χ4v) is 1.61. The van der Waals surface area contributed by atoms with E-state index in [1.54, 1.807) is 0 Å². The van der Waals surface area contributed by atoms with E-state index in [0.29, 0.717) is 0 Å². The van der Waals surface area contributed by atoms with E-state index in [1.807, 2.05) is 0 Å². The Morgan fingerprint density at radius 3 is 1.93 bits per heavy atom. The van der Waals surface area contributed by atoms with Crippen LogP contribution in [0.2, 0.25) is 0 Å². The first-order chi connectivity index (χ1) is 6.91. The van der Waals surface area contributed by atoms with Crippen LogP contribution in [0.1, 0.15) is 64.7 Å². The minimum atomic E-state index is 1.11. The van der Waals surface area contributed by atoms with E-state index in [4.69, 9.17) is 0 Å². The largest absolute Gasteiger partial charge is 0.317 e. The van der Waals surface area contributed by atoms with Crippen molar-refractivity contribution >= 4 is 0 Å². The summed E-state index contributed by atoms with van der Waals surface area (Å²) in [6, 6.07) is 0. The summed E-state index contributed by atoms with van der Waals surface area (Å²) in [4.78, 5) is 0. The molecule has 0 heterocycles. The molecule has 0 bridgehead atoms. The second-order valence-electron chi connectivity index (χ2n) is 4.08. The zero-order chi connectivity index (χ0) is 10.5. The van der Waals surface area contributed by atoms with Gasteiger partial charge in [-0.1, -0.05) is 58.8 Å². The van der Waals surface area contributed by atoms with Crippen LogP contribution in [-0.4, -0.2) is 13.1 Å². The molecule has 85 valence electrons. The highest BCUT2D eigenvalue weighted by molar-refractivity contribution is 4.50. The zero-order valence-corrected chi connectivity index (χ0v) is 9.99. The van der Waals surface area contributed by atoms with Gasteiger partial charge in [0.25, 0.3) is 0 Å². The van der Waals surface area contributed by atoms with E-state index in [-0.39, 0.29) is 0 Å². The average molecular weight is 198 g/mol. The Balaban J connectivity index is 2.78. The smallest absolute Gasteiger partial charge is 0.00489 e. The summed E-state index contributed by atoms with van der Waals surface area (Å²) in [5.41, 5.74) is 0. The maximum atomic E-state index is 3.85. The molecule has 0 saturated heterocycles. The number of nitrogens with one attached hydrogen (secondary N) is 1. The monoisotopic (exact) mass is 198 g/mol. The van der Waals surface area contributed by atoms with Crippen molar-refractivity contribution in [1.29, 1.82) is 0 Å². The third kappa shape index (κ3) is 12.0. The highest BCUT2D eigenvalue weighted by Crippen LogP contribution is 2.07. The Morgan fingerprint density at radius 2 is 1.36 bits per heavy atom. The van der Waals surface area contributed by atoms with Crippen molar-refractivity contribution in [3.63, 3.8) is 0 Å². The van der Waals surface area contributed by atoms with Crippen LogP contribution in [0.3, 0.4) is 0 Å². The van der Waals surface area contributed by atoms with Gasteiger partial charge in [0.15, 0.2) is 0 Å². The number of hydrogen-bond donors (Lipinski definition) is 1. The van der Waals surface area contributed by atoms with Crippen molar-refractivity contribution in [1.82, 2.24) is 5.32 Å². The van der Waals surface area contributed by atoms with Gasteiger partial charge in [-0.25, -0.2) is 0 Å². The van der Waals surface area contributed by atoms with Gasteiger partial charge in [-0.2, -0.15) is 0 Å². The van der Waals surface area contributed by atoms with Crippen LogP contribution < -0.4 is 5.32 Å². The molecule has 0 unspecified atom stereocenters. The molecule has 0 aromatic carbocycles. The van der Waals surface area contributed by atoms with Gasteiger partial charge >= 0.3 is 0 Å². The van der Waals surface area contributed by atoms with Gasteiger partial charge in [0.05, 0.1) is 0 Å². The SMILES string of the molecule is [CH2]CCCCCCCCCNCCC. The van der Waals surface area contributed by atoms with E-state index >= 15 is 0 Å². The first-order valence-electron chi connectivity index (χ1n) is 6.41. The van der Waals surface area contributed by atoms with Gasteiger partial charge in [0.2, 0.25) is 0 Å². The fourth-order valence-electron chi connectivity index (χ4n) is 1.61. The molecule has 0 saturated carbocycles. The molecule has 0 aromatic rings. The first-order valence-corrected chi connectivity index (χ1v) is 6.41. The molecular weight excluding hydrogens is 170 g/mol. The molecule has 1 N–H and O–H groups in total. The van der Waals surface area contributed by atoms with Crippen molar-refractivity contribution in [2.24, 2.45) is 0 Å². The highest BCUT2D eigenvalue weighted by Gasteiger charge is 1.90. The fraction of sp³-hybridized carbons (Fsp3) is 0.923. The minimum absolute atomic E-state index is 1.11. The molecule has 0 amide bonds. The van der Waals surface area contributed by atoms with Crippen LogP contribution in [0, 0.1) is 6.92 Å². The molecule has 1 radical (unpaired) electrons. The van der Waals surface area contributed by atoms with Gasteiger partial charge in [-0.3, -0.25) is 0 Å². The summed E-state index contributed by atoms with van der Waals surface area (Å²) in [6.45, 7) is 8.47. The van der Waals surface area contributed by atoms with Crippen molar-refractivity contribution < 1.29 is 0 Å². The van der Waals surface area contributed by atoms with Gasteiger partial charge in [0, 0.05) is 0 Å². The summed E-state index contributed by atoms with van der Waals surface area (Å²) < 4.78 is 0. The third-order valence-electron chi connectivity index (χ3n) is 2.53. The van der Waals surface area contributed by atoms with Crippen molar-refractivity contribution in [3.05, 3.63) is 6.92 Å². The normalized spacial score (nSPS) is 10.7. The van der Waals surface area contributed by atoms with Gasteiger partial charge in [-0.15, -0.1) is 0 Å². The molecule has 1 nitrogen and oxygen atoms in total. The Labute approximate surface area is 90.7 Å². The summed E-state index contributed by atoms with van der Waals surface area (Å²) in [6.07, 6.45) is 12.1. The molecule has 0 aliphatic carbocycles. The van der Waals surface area contributed by atoms with E-state index in [0.717, 1.165) is 6.42 Å². The average Bonchev–Trinajstić information content (AvgIpc) is 2.21. The van der Waals surface area contributed by atoms with Crippen molar-refractivity contribution in [2.45, 2.75) is 64.7 Å². The lowest BCUT2D eigenvalue weighted by Gasteiger charge is -2.03. The highest BCUT2D eigenvalue weighted by atomic mass is 14.8. The van der Waals surface area contributed by atoms with E-state index in [1.165, 1.54) is 64.5 Å². The summed E-state index contributed by atoms with van der Waals surface area (Å²) in [5, 5.41) is 3.44. The Morgan fingerprint density at radius 1 is 0.786 bits per heavy atom. The van der Waals surface area contributed by atoms with Crippen LogP contribution in [0.15, 0.2) is 0 Å². The second kappa shape index (κ2) is 13.0. The maximum Gasteiger partial charge on any atom is -0.00489 e. The standard InChI is InChI=1S/C13H28N/c1-3-5-6-7-8-9-10-11-13-14-12-4-2/h14H,1,3-13H2,2H3. The van der Waals surface area contributed by atoms with E-state index in [9.17, 15) is 0 Å². The van der Waals surface area contributed by atoms with Crippen molar-refractivity contribution in [2.75, 3.05) is 13.1 Å². The van der Waals surface area contributed by atoms with Crippen LogP contribution in [0.5, 0.6) is 0 Å². The lowest BCUT2D eigenvalue weighted by Crippen LogP contribution is -2.15. The predicted molar refractivity (Wildman–Crippen MR) is 65.5 cm³/mol. The maximum absolute atomic E-state index is 3.85. The number of unbranched alkanes of at least 4 members (excludes halogenated alkanes) is 7. The number of hydrogen-bond acceptors (Lipinski definition) is 1. The zero-order valence-electron chi connectivity index (χ0n) is 9.99. The molecule has 0 fully saturated rings. The third-order valence-corrected chi connectivity index (χ3v) is 2.53. The summed E-state index contributed by atoms with van der Waals surface area (Å²) in [5.74, 6) is 0. The molecule has 0 aliphatic heterocycles. The van der Waals surface area contributed by atoms with Crippen LogP contribution in [-0.2, 0) is 0 Å². The molecule has 0 atom stereocenters. The Kier molecular flexibility index (Phi) is 12.9. The van der Waals surface area contributed by atoms with Crippen molar-refractivity contribution in [3.8, 4) is 0 Å². The molecule has 14 heavy (non-hydrogen) atoms. The van der Waals surface area contributed by atoms with Crippen LogP contribution in [0.25, 0.3) is 0 Å². The molecule has 1 heteroatoms. The van der Waals surface area contributed by atoms with Crippen LogP contribution in [0.4, 0.5) is 0 Å². The summed E-state index contributed by atoms with van der Waals surface area (Å²) in [7, 11) is 0. The molecule has 0 spiro atoms. The molecule has 0 rings (SSSR count). The lowest BCUT2D eigenvalue weighted by atomic mass is 10.1. The molecular formula is C13H28N. The van der Waals surface area contributed by atoms with Gasteiger partial charge in [0.1, 0.15) is 0 Å². The Hall–Kier alpha value is -0.0400.